The van der Waals surface area contributed by atoms with E-state index in [1.807, 2.05) is 43.3 Å². The second-order valence-electron chi connectivity index (χ2n) is 5.16. The summed E-state index contributed by atoms with van der Waals surface area (Å²) in [6, 6.07) is 17.2. The van der Waals surface area contributed by atoms with Crippen LogP contribution in [0.4, 0.5) is 23.0 Å². The molecule has 0 saturated heterocycles. The Morgan fingerprint density at radius 1 is 0.958 bits per heavy atom. The molecule has 0 fully saturated rings. The van der Waals surface area contributed by atoms with Crippen molar-refractivity contribution < 1.29 is 0 Å². The van der Waals surface area contributed by atoms with Gasteiger partial charge in [-0.3, -0.25) is 0 Å². The Kier molecular flexibility index (Phi) is 4.73. The third kappa shape index (κ3) is 3.70. The van der Waals surface area contributed by atoms with Gasteiger partial charge < -0.3 is 10.6 Å². The Morgan fingerprint density at radius 2 is 1.67 bits per heavy atom. The summed E-state index contributed by atoms with van der Waals surface area (Å²) in [4.78, 5) is 8.45. The molecule has 5 nitrogen and oxygen atoms in total. The average molecular weight is 380 g/mol. The van der Waals surface area contributed by atoms with Crippen LogP contribution in [0, 0.1) is 18.3 Å². The topological polar surface area (TPSA) is 73.6 Å². The summed E-state index contributed by atoms with van der Waals surface area (Å²) < 4.78 is 1.03. The number of nitriles is 1. The smallest absolute Gasteiger partial charge is 0.135 e. The van der Waals surface area contributed by atoms with Gasteiger partial charge in [0.05, 0.1) is 11.3 Å². The zero-order valence-electron chi connectivity index (χ0n) is 12.9. The Labute approximate surface area is 148 Å². The van der Waals surface area contributed by atoms with E-state index in [4.69, 9.17) is 5.26 Å². The lowest BCUT2D eigenvalue weighted by atomic mass is 10.2. The maximum Gasteiger partial charge on any atom is 0.135 e. The van der Waals surface area contributed by atoms with Gasteiger partial charge in [0.25, 0.3) is 0 Å². The van der Waals surface area contributed by atoms with Gasteiger partial charge in [0.2, 0.25) is 0 Å². The number of nitrogens with zero attached hydrogens (tertiary/aromatic N) is 3. The van der Waals surface area contributed by atoms with Gasteiger partial charge in [0.15, 0.2) is 0 Å². The van der Waals surface area contributed by atoms with Crippen molar-refractivity contribution in [3.63, 3.8) is 0 Å². The molecule has 0 radical (unpaired) electrons. The number of nitrogens with one attached hydrogen (secondary N) is 2. The van der Waals surface area contributed by atoms with E-state index in [0.717, 1.165) is 15.7 Å². The number of anilines is 4. The maximum atomic E-state index is 9.16. The van der Waals surface area contributed by atoms with Gasteiger partial charge in [-0.05, 0) is 42.8 Å². The summed E-state index contributed by atoms with van der Waals surface area (Å²) in [5, 5.41) is 15.6. The van der Waals surface area contributed by atoms with E-state index in [9.17, 15) is 0 Å². The van der Waals surface area contributed by atoms with Crippen molar-refractivity contribution in [2.75, 3.05) is 10.6 Å². The zero-order chi connectivity index (χ0) is 16.9. The summed E-state index contributed by atoms with van der Waals surface area (Å²) in [5.41, 5.74) is 3.35. The molecule has 0 aliphatic carbocycles. The van der Waals surface area contributed by atoms with Crippen LogP contribution in [0.15, 0.2) is 59.3 Å². The molecule has 0 amide bonds. The Morgan fingerprint density at radius 3 is 2.38 bits per heavy atom. The Balaban J connectivity index is 1.83. The SMILES string of the molecule is Cc1cc(Br)ccc1Nc1cc(Nc2ccccc2C#N)ncn1. The Bertz CT molecular complexity index is 917. The van der Waals surface area contributed by atoms with Gasteiger partial charge in [0, 0.05) is 16.2 Å². The summed E-state index contributed by atoms with van der Waals surface area (Å²) in [7, 11) is 0. The minimum atomic E-state index is 0.564. The lowest BCUT2D eigenvalue weighted by Gasteiger charge is -2.11. The van der Waals surface area contributed by atoms with Crippen molar-refractivity contribution >= 4 is 38.9 Å². The molecule has 0 saturated carbocycles. The number of aryl methyl sites for hydroxylation is 1. The van der Waals surface area contributed by atoms with Crippen molar-refractivity contribution in [3.05, 3.63) is 70.5 Å². The third-order valence-corrected chi connectivity index (χ3v) is 3.92. The molecule has 1 heterocycles. The summed E-state index contributed by atoms with van der Waals surface area (Å²) in [6.07, 6.45) is 1.48. The summed E-state index contributed by atoms with van der Waals surface area (Å²) in [6.45, 7) is 2.02. The molecule has 24 heavy (non-hydrogen) atoms. The van der Waals surface area contributed by atoms with Gasteiger partial charge in [-0.15, -0.1) is 0 Å². The van der Waals surface area contributed by atoms with Crippen LogP contribution in [-0.2, 0) is 0 Å². The second-order valence-corrected chi connectivity index (χ2v) is 6.07. The van der Waals surface area contributed by atoms with Crippen LogP contribution in [0.5, 0.6) is 0 Å². The van der Waals surface area contributed by atoms with E-state index in [-0.39, 0.29) is 0 Å². The number of halogens is 1. The maximum absolute atomic E-state index is 9.16. The highest BCUT2D eigenvalue weighted by atomic mass is 79.9. The summed E-state index contributed by atoms with van der Waals surface area (Å²) >= 11 is 3.45. The second kappa shape index (κ2) is 7.11. The first-order valence-corrected chi connectivity index (χ1v) is 8.06. The first-order valence-electron chi connectivity index (χ1n) is 7.27. The molecule has 118 valence electrons. The van der Waals surface area contributed by atoms with E-state index in [1.165, 1.54) is 6.33 Å². The van der Waals surface area contributed by atoms with E-state index in [2.05, 4.69) is 42.6 Å². The lowest BCUT2D eigenvalue weighted by Crippen LogP contribution is -2.00. The third-order valence-electron chi connectivity index (χ3n) is 3.43. The molecule has 0 unspecified atom stereocenters. The van der Waals surface area contributed by atoms with Crippen LogP contribution in [0.1, 0.15) is 11.1 Å². The molecule has 0 aliphatic heterocycles. The first kappa shape index (κ1) is 16.0. The minimum absolute atomic E-state index is 0.564. The van der Waals surface area contributed by atoms with E-state index in [0.29, 0.717) is 22.9 Å². The number of benzene rings is 2. The molecule has 0 spiro atoms. The van der Waals surface area contributed by atoms with Gasteiger partial charge in [-0.25, -0.2) is 9.97 Å². The fourth-order valence-corrected chi connectivity index (χ4v) is 2.70. The van der Waals surface area contributed by atoms with Crippen molar-refractivity contribution in [1.29, 1.82) is 5.26 Å². The number of hydrogen-bond donors (Lipinski definition) is 2. The first-order chi connectivity index (χ1) is 11.7. The molecule has 6 heteroatoms. The molecule has 0 aliphatic rings. The monoisotopic (exact) mass is 379 g/mol. The summed E-state index contributed by atoms with van der Waals surface area (Å²) in [5.74, 6) is 1.29. The zero-order valence-corrected chi connectivity index (χ0v) is 14.5. The number of para-hydroxylation sites is 1. The van der Waals surface area contributed by atoms with E-state index >= 15 is 0 Å². The predicted molar refractivity (Wildman–Crippen MR) is 98.6 cm³/mol. The van der Waals surface area contributed by atoms with Crippen molar-refractivity contribution in [2.45, 2.75) is 6.92 Å². The highest BCUT2D eigenvalue weighted by molar-refractivity contribution is 9.10. The molecule has 3 aromatic rings. The van der Waals surface area contributed by atoms with Crippen molar-refractivity contribution in [2.24, 2.45) is 0 Å². The number of hydrogen-bond acceptors (Lipinski definition) is 5. The van der Waals surface area contributed by atoms with E-state index in [1.54, 1.807) is 12.1 Å². The van der Waals surface area contributed by atoms with Crippen LogP contribution >= 0.6 is 15.9 Å². The van der Waals surface area contributed by atoms with Crippen molar-refractivity contribution in [1.82, 2.24) is 9.97 Å². The highest BCUT2D eigenvalue weighted by Gasteiger charge is 2.05. The molecule has 1 aromatic heterocycles. The van der Waals surface area contributed by atoms with Crippen molar-refractivity contribution in [3.8, 4) is 6.07 Å². The van der Waals surface area contributed by atoms with Crippen LogP contribution in [-0.4, -0.2) is 9.97 Å². The van der Waals surface area contributed by atoms with E-state index < -0.39 is 0 Å². The lowest BCUT2D eigenvalue weighted by molar-refractivity contribution is 1.16. The van der Waals surface area contributed by atoms with Crippen LogP contribution in [0.2, 0.25) is 0 Å². The largest absolute Gasteiger partial charge is 0.340 e. The van der Waals surface area contributed by atoms with Crippen LogP contribution < -0.4 is 10.6 Å². The molecular weight excluding hydrogens is 366 g/mol. The molecular formula is C18H14BrN5. The average Bonchev–Trinajstić information content (AvgIpc) is 2.58. The normalized spacial score (nSPS) is 10.0. The fourth-order valence-electron chi connectivity index (χ4n) is 2.23. The molecule has 0 bridgehead atoms. The predicted octanol–water partition coefficient (Wildman–Crippen LogP) is 4.91. The van der Waals surface area contributed by atoms with Gasteiger partial charge in [0.1, 0.15) is 24.0 Å². The molecule has 2 aromatic carbocycles. The number of rotatable bonds is 4. The van der Waals surface area contributed by atoms with Crippen LogP contribution in [0.25, 0.3) is 0 Å². The quantitative estimate of drug-likeness (QED) is 0.673. The minimum Gasteiger partial charge on any atom is -0.340 e. The standard InChI is InChI=1S/C18H14BrN5/c1-12-8-14(19)6-7-15(12)23-17-9-18(22-11-21-17)24-16-5-3-2-4-13(16)10-20/h2-9,11H,1H3,(H2,21,22,23,24). The van der Waals surface area contributed by atoms with Gasteiger partial charge in [-0.2, -0.15) is 5.26 Å². The molecule has 2 N–H and O–H groups in total. The Hall–Kier alpha value is -2.91. The highest BCUT2D eigenvalue weighted by Crippen LogP contribution is 2.25. The van der Waals surface area contributed by atoms with Crippen LogP contribution in [0.3, 0.4) is 0 Å². The number of aromatic nitrogens is 2. The van der Waals surface area contributed by atoms with Gasteiger partial charge >= 0.3 is 0 Å². The molecule has 3 rings (SSSR count). The molecule has 0 atom stereocenters. The fraction of sp³-hybridized carbons (Fsp3) is 0.0556. The van der Waals surface area contributed by atoms with Gasteiger partial charge in [-0.1, -0.05) is 28.1 Å².